The molecule has 0 bridgehead atoms. The molecule has 388 valence electrons. The van der Waals surface area contributed by atoms with Crippen molar-refractivity contribution in [2.24, 2.45) is 0 Å². The molecule has 14 rings (SSSR count). The molecule has 0 unspecified atom stereocenters. The molecule has 9 aromatic carbocycles. The second-order valence-electron chi connectivity index (χ2n) is 24.6. The van der Waals surface area contributed by atoms with Gasteiger partial charge in [0.25, 0.3) is 0 Å². The maximum absolute atomic E-state index is 7.03. The minimum absolute atomic E-state index is 0.0585. The van der Waals surface area contributed by atoms with Gasteiger partial charge in [0.15, 0.2) is 0 Å². The van der Waals surface area contributed by atoms with E-state index in [1.165, 1.54) is 66.0 Å². The van der Waals surface area contributed by atoms with Gasteiger partial charge in [0.2, 0.25) is 0 Å². The van der Waals surface area contributed by atoms with Gasteiger partial charge in [-0.1, -0.05) is 153 Å². The lowest BCUT2D eigenvalue weighted by atomic mass is 9.80. The molecule has 1 aliphatic rings. The van der Waals surface area contributed by atoms with E-state index in [2.05, 4.69) is 292 Å². The second kappa shape index (κ2) is 17.7. The first-order chi connectivity index (χ1) is 38.1. The number of benzene rings is 9. The van der Waals surface area contributed by atoms with Gasteiger partial charge in [0.1, 0.15) is 24.0 Å². The van der Waals surface area contributed by atoms with Crippen molar-refractivity contribution in [2.75, 3.05) is 16.5 Å². The first-order valence-electron chi connectivity index (χ1n) is 27.7. The quantitative estimate of drug-likeness (QED) is 0.160. The molecule has 7 heteroatoms. The Labute approximate surface area is 462 Å². The number of ether oxygens (including phenoxy) is 1. The van der Waals surface area contributed by atoms with E-state index in [-0.39, 0.29) is 16.2 Å². The fourth-order valence-corrected chi connectivity index (χ4v) is 12.2. The first-order valence-corrected chi connectivity index (χ1v) is 27.7. The molecule has 0 amide bonds. The van der Waals surface area contributed by atoms with Crippen molar-refractivity contribution in [3.8, 4) is 28.7 Å². The van der Waals surface area contributed by atoms with Crippen LogP contribution >= 0.6 is 0 Å². The van der Waals surface area contributed by atoms with Crippen LogP contribution in [0.25, 0.3) is 82.6 Å². The smallest absolute Gasteiger partial charge is 0.137 e. The Morgan fingerprint density at radius 2 is 0.873 bits per heavy atom. The fourth-order valence-electron chi connectivity index (χ4n) is 12.2. The zero-order valence-electron chi connectivity index (χ0n) is 46.5. The van der Waals surface area contributed by atoms with Crippen molar-refractivity contribution in [2.45, 2.75) is 78.6 Å². The van der Waals surface area contributed by atoms with Gasteiger partial charge >= 0.3 is 0 Å². The summed E-state index contributed by atoms with van der Waals surface area (Å²) in [6, 6.07) is 75.4. The number of nitrogens with zero attached hydrogens (tertiary/aromatic N) is 6. The van der Waals surface area contributed by atoms with Crippen LogP contribution in [0.15, 0.2) is 212 Å². The summed E-state index contributed by atoms with van der Waals surface area (Å²) in [5.74, 6) is 2.37. The van der Waals surface area contributed by atoms with Crippen LogP contribution in [0, 0.1) is 0 Å². The van der Waals surface area contributed by atoms with Crippen LogP contribution in [0.1, 0.15) is 79.0 Å². The fraction of sp³-hybridized carbons (Fsp3) is 0.181. The summed E-state index contributed by atoms with van der Waals surface area (Å²) >= 11 is 0. The summed E-state index contributed by atoms with van der Waals surface area (Å²) in [5, 5.41) is 7.23. The zero-order chi connectivity index (χ0) is 54.1. The normalized spacial score (nSPS) is 13.3. The maximum Gasteiger partial charge on any atom is 0.137 e. The topological polar surface area (TPSA) is 43.4 Å². The Kier molecular flexibility index (Phi) is 10.8. The summed E-state index contributed by atoms with van der Waals surface area (Å²) in [6.07, 6.45) is 1.94. The molecular weight excluding hydrogens is 965 g/mol. The number of hydrogen-bond donors (Lipinski definition) is 0. The Bertz CT molecular complexity index is 4450. The van der Waals surface area contributed by atoms with Gasteiger partial charge in [0.05, 0.1) is 50.2 Å². The van der Waals surface area contributed by atoms with Crippen molar-refractivity contribution in [1.29, 1.82) is 0 Å². The number of anilines is 4. The molecule has 4 aromatic heterocycles. The van der Waals surface area contributed by atoms with Gasteiger partial charge in [0, 0.05) is 67.7 Å². The highest BCUT2D eigenvalue weighted by molar-refractivity contribution is 6.13. The van der Waals surface area contributed by atoms with Crippen LogP contribution in [-0.2, 0) is 16.2 Å². The SMILES string of the molecule is CC(C)(C)c1cc(N2CN(c3cccc(Oc4ccc5c6cc(-n7c8ccccc8c8ccccc87)ccc6n(-c6cc(C(C)(C)C)ccn6)c5c4)c3)c3cccc(-n4c5ccccc5c5ccccc54)c32)cc(C(C)(C)C)c1. The molecule has 0 atom stereocenters. The lowest BCUT2D eigenvalue weighted by Crippen LogP contribution is -2.25. The summed E-state index contributed by atoms with van der Waals surface area (Å²) in [7, 11) is 0. The third-order valence-corrected chi connectivity index (χ3v) is 16.4. The number of hydrogen-bond acceptors (Lipinski definition) is 4. The summed E-state index contributed by atoms with van der Waals surface area (Å²) in [6.45, 7) is 21.3. The van der Waals surface area contributed by atoms with Crippen LogP contribution in [0.5, 0.6) is 11.5 Å². The average Bonchev–Trinajstić information content (AvgIpc) is 3.64. The predicted molar refractivity (Wildman–Crippen MR) is 332 cm³/mol. The highest BCUT2D eigenvalue weighted by Crippen LogP contribution is 2.51. The molecule has 0 saturated heterocycles. The lowest BCUT2D eigenvalue weighted by Gasteiger charge is -2.30. The van der Waals surface area contributed by atoms with Crippen molar-refractivity contribution < 1.29 is 4.74 Å². The summed E-state index contributed by atoms with van der Waals surface area (Å²) in [4.78, 5) is 10.0. The number of para-hydroxylation sites is 5. The van der Waals surface area contributed by atoms with E-state index in [1.807, 2.05) is 6.20 Å². The molecule has 1 aliphatic heterocycles. The number of aromatic nitrogens is 4. The van der Waals surface area contributed by atoms with Gasteiger partial charge in [-0.15, -0.1) is 0 Å². The van der Waals surface area contributed by atoms with Gasteiger partial charge in [-0.05, 0) is 136 Å². The third kappa shape index (κ3) is 7.96. The van der Waals surface area contributed by atoms with E-state index < -0.39 is 0 Å². The van der Waals surface area contributed by atoms with Gasteiger partial charge in [-0.3, -0.25) is 4.57 Å². The van der Waals surface area contributed by atoms with Crippen LogP contribution < -0.4 is 14.5 Å². The maximum atomic E-state index is 7.03. The summed E-state index contributed by atoms with van der Waals surface area (Å²) in [5.41, 5.74) is 17.3. The van der Waals surface area contributed by atoms with Crippen LogP contribution in [0.4, 0.5) is 22.7 Å². The largest absolute Gasteiger partial charge is 0.457 e. The van der Waals surface area contributed by atoms with E-state index in [9.17, 15) is 0 Å². The molecule has 0 aliphatic carbocycles. The average molecular weight is 1030 g/mol. The van der Waals surface area contributed by atoms with E-state index in [4.69, 9.17) is 9.72 Å². The van der Waals surface area contributed by atoms with E-state index in [1.54, 1.807) is 0 Å². The number of rotatable bonds is 7. The van der Waals surface area contributed by atoms with Crippen molar-refractivity contribution in [1.82, 2.24) is 18.7 Å². The predicted octanol–water partition coefficient (Wildman–Crippen LogP) is 19.3. The molecule has 0 saturated carbocycles. The molecule has 7 nitrogen and oxygen atoms in total. The summed E-state index contributed by atoms with van der Waals surface area (Å²) < 4.78 is 14.2. The highest BCUT2D eigenvalue weighted by atomic mass is 16.5. The standard InChI is InChI=1S/C72H64N6O/c1-70(2,3)46-36-37-73-68(41-46)78-64-35-32-50(76-60-26-14-10-22-54(60)55-23-11-15-27-61(55)76)43-59(64)58-34-33-53(44-67(58)78)79-52-21-18-20-49(42-52)74-45-75(51-39-47(71(4,5)6)38-48(40-51)72(7,8)9)69-65(74)30-19-31-66(69)77-62-28-16-12-24-56(62)57-25-13-17-29-63(57)77/h10-44H,45H2,1-9H3. The zero-order valence-corrected chi connectivity index (χ0v) is 46.5. The lowest BCUT2D eigenvalue weighted by molar-refractivity contribution is 0.483. The minimum atomic E-state index is -0.0647. The van der Waals surface area contributed by atoms with Crippen molar-refractivity contribution >= 4 is 88.2 Å². The molecular formula is C72H64N6O. The number of fused-ring (bicyclic) bond motifs is 10. The van der Waals surface area contributed by atoms with E-state index in [0.717, 1.165) is 67.6 Å². The van der Waals surface area contributed by atoms with E-state index in [0.29, 0.717) is 6.67 Å². The molecule has 79 heavy (non-hydrogen) atoms. The molecule has 0 N–H and O–H groups in total. The molecule has 13 aromatic rings. The Hall–Kier alpha value is -9.07. The van der Waals surface area contributed by atoms with Gasteiger partial charge in [-0.25, -0.2) is 4.98 Å². The van der Waals surface area contributed by atoms with Gasteiger partial charge in [-0.2, -0.15) is 0 Å². The molecule has 0 spiro atoms. The molecule has 0 fully saturated rings. The number of pyridine rings is 1. The highest BCUT2D eigenvalue weighted by Gasteiger charge is 2.34. The van der Waals surface area contributed by atoms with Gasteiger partial charge < -0.3 is 23.7 Å². The Morgan fingerprint density at radius 3 is 1.48 bits per heavy atom. The molecule has 5 heterocycles. The Balaban J connectivity index is 0.904. The molecule has 0 radical (unpaired) electrons. The second-order valence-corrected chi connectivity index (χ2v) is 24.6. The minimum Gasteiger partial charge on any atom is -0.457 e. The Morgan fingerprint density at radius 1 is 0.342 bits per heavy atom. The van der Waals surface area contributed by atoms with Crippen molar-refractivity contribution in [3.05, 3.63) is 229 Å². The van der Waals surface area contributed by atoms with Crippen LogP contribution in [-0.4, -0.2) is 25.4 Å². The first kappa shape index (κ1) is 48.3. The van der Waals surface area contributed by atoms with Crippen LogP contribution in [0.3, 0.4) is 0 Å². The van der Waals surface area contributed by atoms with E-state index >= 15 is 0 Å². The van der Waals surface area contributed by atoms with Crippen LogP contribution in [0.2, 0.25) is 0 Å². The third-order valence-electron chi connectivity index (χ3n) is 16.4. The van der Waals surface area contributed by atoms with Crippen molar-refractivity contribution in [3.63, 3.8) is 0 Å². The monoisotopic (exact) mass is 1030 g/mol.